The van der Waals surface area contributed by atoms with E-state index in [9.17, 15) is 43.3 Å². The Bertz CT molecular complexity index is 1710. The first-order valence-electron chi connectivity index (χ1n) is 12.1. The predicted octanol–water partition coefficient (Wildman–Crippen LogP) is 0.00660. The summed E-state index contributed by atoms with van der Waals surface area (Å²) in [6.45, 7) is -1.33. The number of phosphoric ester groups is 1. The Balaban J connectivity index is 1.48. The van der Waals surface area contributed by atoms with Crippen molar-refractivity contribution >= 4 is 23.5 Å². The number of hydrogen-bond acceptors (Lipinski definition) is 12. The Kier molecular flexibility index (Phi) is 10.2. The Morgan fingerprint density at radius 2 is 1.58 bits per heavy atom. The van der Waals surface area contributed by atoms with Crippen LogP contribution in [0.5, 0.6) is 0 Å². The molecule has 1 fully saturated rings. The van der Waals surface area contributed by atoms with E-state index >= 15 is 0 Å². The number of aliphatic hydroxyl groups is 2. The Hall–Kier alpha value is -2.66. The summed E-state index contributed by atoms with van der Waals surface area (Å²) in [5.74, 6) is 0. The van der Waals surface area contributed by atoms with Crippen LogP contribution in [0.1, 0.15) is 23.0 Å². The molecule has 234 valence electrons. The number of aromatic nitrogens is 3. The highest BCUT2D eigenvalue weighted by atomic mass is 31.3. The number of hydrogen-bond donors (Lipinski definition) is 6. The van der Waals surface area contributed by atoms with E-state index in [-0.39, 0.29) is 6.54 Å². The van der Waals surface area contributed by atoms with E-state index in [4.69, 9.17) is 14.5 Å². The van der Waals surface area contributed by atoms with Gasteiger partial charge in [0.2, 0.25) is 0 Å². The van der Waals surface area contributed by atoms with Crippen molar-refractivity contribution in [1.82, 2.24) is 14.1 Å². The van der Waals surface area contributed by atoms with Gasteiger partial charge in [-0.2, -0.15) is 8.62 Å². The molecule has 3 aromatic rings. The molecule has 1 aliphatic heterocycles. The molecule has 0 amide bonds. The summed E-state index contributed by atoms with van der Waals surface area (Å²) in [6, 6.07) is 14.1. The molecule has 18 nitrogen and oxygen atoms in total. The first-order chi connectivity index (χ1) is 20.0. The van der Waals surface area contributed by atoms with Gasteiger partial charge in [-0.05, 0) is 29.7 Å². The topological polar surface area (TPSA) is 266 Å². The second-order valence-corrected chi connectivity index (χ2v) is 13.6. The summed E-state index contributed by atoms with van der Waals surface area (Å²) >= 11 is 0. The van der Waals surface area contributed by atoms with Crippen molar-refractivity contribution in [1.29, 1.82) is 0 Å². The maximum atomic E-state index is 13.3. The largest absolute Gasteiger partial charge is 0.490 e. The van der Waals surface area contributed by atoms with E-state index in [1.165, 1.54) is 6.20 Å². The number of rotatable bonds is 12. The van der Waals surface area contributed by atoms with Crippen LogP contribution in [0.3, 0.4) is 0 Å². The van der Waals surface area contributed by atoms with E-state index in [1.807, 2.05) is 30.3 Å². The maximum absolute atomic E-state index is 13.3. The van der Waals surface area contributed by atoms with Crippen molar-refractivity contribution in [3.63, 3.8) is 0 Å². The van der Waals surface area contributed by atoms with Crippen molar-refractivity contribution < 1.29 is 61.4 Å². The summed E-state index contributed by atoms with van der Waals surface area (Å²) < 4.78 is 52.9. The van der Waals surface area contributed by atoms with Crippen LogP contribution in [-0.4, -0.2) is 68.8 Å². The lowest BCUT2D eigenvalue weighted by Gasteiger charge is -2.19. The summed E-state index contributed by atoms with van der Waals surface area (Å²) in [5, 5.41) is 20.9. The van der Waals surface area contributed by atoms with Crippen LogP contribution >= 0.6 is 23.5 Å². The number of ether oxygens (including phenoxy) is 1. The van der Waals surface area contributed by atoms with Crippen molar-refractivity contribution in [2.24, 2.45) is 0 Å². The number of phosphoric acid groups is 3. The van der Waals surface area contributed by atoms with E-state index in [0.717, 1.165) is 32.5 Å². The van der Waals surface area contributed by atoms with Crippen LogP contribution in [0.15, 0.2) is 70.5 Å². The minimum atomic E-state index is -5.79. The third kappa shape index (κ3) is 8.94. The van der Waals surface area contributed by atoms with Gasteiger partial charge >= 0.3 is 29.2 Å². The molecule has 6 N–H and O–H groups in total. The van der Waals surface area contributed by atoms with Crippen LogP contribution in [0, 0.1) is 0 Å². The van der Waals surface area contributed by atoms with Gasteiger partial charge in [0.25, 0.3) is 5.56 Å². The minimum absolute atomic E-state index is 0.248. The minimum Gasteiger partial charge on any atom is -0.387 e. The lowest BCUT2D eigenvalue weighted by atomic mass is 10.1. The number of aliphatic hydroxyl groups excluding tert-OH is 2. The second-order valence-electron chi connectivity index (χ2n) is 9.18. The Morgan fingerprint density at radius 3 is 2.26 bits per heavy atom. The molecule has 43 heavy (non-hydrogen) atoms. The highest BCUT2D eigenvalue weighted by molar-refractivity contribution is 7.66. The van der Waals surface area contributed by atoms with E-state index in [2.05, 4.69) is 18.1 Å². The monoisotopic (exact) mass is 665 g/mol. The molecular weight excluding hydrogens is 639 g/mol. The average molecular weight is 665 g/mol. The number of pyridine rings is 1. The summed E-state index contributed by atoms with van der Waals surface area (Å²) in [6.07, 6.45) is -3.82. The maximum Gasteiger partial charge on any atom is 0.490 e. The molecule has 1 saturated heterocycles. The van der Waals surface area contributed by atoms with E-state index < -0.39 is 65.9 Å². The molecule has 0 aliphatic carbocycles. The molecule has 2 unspecified atom stereocenters. The summed E-state index contributed by atoms with van der Waals surface area (Å²) in [7, 11) is -17.0. The fourth-order valence-electron chi connectivity index (χ4n) is 4.16. The van der Waals surface area contributed by atoms with Gasteiger partial charge in [-0.1, -0.05) is 30.3 Å². The van der Waals surface area contributed by atoms with Crippen molar-refractivity contribution in [3.8, 4) is 0 Å². The van der Waals surface area contributed by atoms with Crippen molar-refractivity contribution in [2.75, 3.05) is 6.61 Å². The molecule has 0 bridgehead atoms. The molecule has 6 atom stereocenters. The van der Waals surface area contributed by atoms with Crippen LogP contribution in [0.4, 0.5) is 0 Å². The van der Waals surface area contributed by atoms with Crippen LogP contribution in [0.2, 0.25) is 0 Å². The van der Waals surface area contributed by atoms with Crippen LogP contribution in [0.25, 0.3) is 0 Å². The molecule has 2 aromatic heterocycles. The van der Waals surface area contributed by atoms with Crippen LogP contribution in [-0.2, 0) is 44.5 Å². The molecule has 1 aliphatic rings. The summed E-state index contributed by atoms with van der Waals surface area (Å²) in [4.78, 5) is 66.1. The van der Waals surface area contributed by atoms with Gasteiger partial charge in [0.05, 0.1) is 18.8 Å². The van der Waals surface area contributed by atoms with Gasteiger partial charge in [-0.15, -0.1) is 0 Å². The van der Waals surface area contributed by atoms with Gasteiger partial charge in [-0.25, -0.2) is 18.5 Å². The van der Waals surface area contributed by atoms with E-state index in [0.29, 0.717) is 12.1 Å². The second kappa shape index (κ2) is 13.1. The average Bonchev–Trinajstić information content (AvgIpc) is 3.17. The third-order valence-electron chi connectivity index (χ3n) is 5.98. The van der Waals surface area contributed by atoms with Gasteiger partial charge in [0.15, 0.2) is 6.23 Å². The molecule has 21 heteroatoms. The normalized spacial score (nSPS) is 23.5. The molecule has 0 spiro atoms. The first kappa shape index (κ1) is 33.2. The van der Waals surface area contributed by atoms with Gasteiger partial charge in [-0.3, -0.25) is 23.4 Å². The predicted molar refractivity (Wildman–Crippen MR) is 143 cm³/mol. The lowest BCUT2D eigenvalue weighted by Crippen LogP contribution is -2.43. The number of benzene rings is 1. The zero-order valence-electron chi connectivity index (χ0n) is 21.7. The SMILES string of the molecule is O=c1ccn([C@@H]2O[C@H](COP(=O)(O)OP(=O)(O)OP(=O)(O)O)[C@H](O)[C@@H]2O)c(=O)n1Cc1cc(Cc2ccccc2)ccn1. The molecule has 0 saturated carbocycles. The van der Waals surface area contributed by atoms with E-state index in [1.54, 1.807) is 12.1 Å². The standard InChI is InChI=1S/C22H26N3O15P3/c26-18-7-9-24(22(29)25(18)12-16-11-15(6-8-23-16)10-14-4-2-1-3-5-14)21-20(28)19(27)17(38-21)13-37-42(33,34)40-43(35,36)39-41(30,31)32/h1-9,11,17,19-21,27-28H,10,12-13H2,(H,33,34)(H,35,36)(H2,30,31,32)/t17-,19+,20+,21-/m1/s1. The van der Waals surface area contributed by atoms with Gasteiger partial charge < -0.3 is 34.5 Å². The van der Waals surface area contributed by atoms with Crippen molar-refractivity contribution in [2.45, 2.75) is 37.5 Å². The van der Waals surface area contributed by atoms with Gasteiger partial charge in [0.1, 0.15) is 18.3 Å². The Labute approximate surface area is 241 Å². The highest BCUT2D eigenvalue weighted by Crippen LogP contribution is 2.66. The molecule has 0 radical (unpaired) electrons. The molecule has 3 heterocycles. The first-order valence-corrected chi connectivity index (χ1v) is 16.7. The number of nitrogens with zero attached hydrogens (tertiary/aromatic N) is 3. The van der Waals surface area contributed by atoms with Gasteiger partial charge in [0, 0.05) is 18.5 Å². The zero-order chi connectivity index (χ0) is 31.6. The smallest absolute Gasteiger partial charge is 0.387 e. The quantitative estimate of drug-likeness (QED) is 0.139. The highest BCUT2D eigenvalue weighted by Gasteiger charge is 2.47. The molecule has 1 aromatic carbocycles. The molecule has 4 rings (SSSR count). The fraction of sp³-hybridized carbons (Fsp3) is 0.318. The zero-order valence-corrected chi connectivity index (χ0v) is 24.4. The van der Waals surface area contributed by atoms with Crippen molar-refractivity contribution in [3.05, 3.63) is 98.6 Å². The Morgan fingerprint density at radius 1 is 0.884 bits per heavy atom. The summed E-state index contributed by atoms with van der Waals surface area (Å²) in [5.41, 5.74) is 0.637. The molecular formula is C22H26N3O15P3. The lowest BCUT2D eigenvalue weighted by molar-refractivity contribution is -0.0547. The fourth-order valence-corrected chi connectivity index (χ4v) is 7.19. The third-order valence-corrected chi connectivity index (χ3v) is 9.78. The van der Waals surface area contributed by atoms with Crippen LogP contribution < -0.4 is 11.2 Å².